The molecule has 2 amide bonds. The van der Waals surface area contributed by atoms with Gasteiger partial charge in [0.2, 0.25) is 0 Å². The Morgan fingerprint density at radius 2 is 2.06 bits per heavy atom. The zero-order valence-corrected chi connectivity index (χ0v) is 10.7. The van der Waals surface area contributed by atoms with E-state index in [0.717, 1.165) is 11.3 Å². The van der Waals surface area contributed by atoms with E-state index in [0.29, 0.717) is 6.54 Å². The summed E-state index contributed by atoms with van der Waals surface area (Å²) in [4.78, 5) is 15.3. The van der Waals surface area contributed by atoms with Crippen LogP contribution in [-0.4, -0.2) is 18.5 Å². The Morgan fingerprint density at radius 3 is 2.65 bits per heavy atom. The van der Waals surface area contributed by atoms with Crippen molar-refractivity contribution in [3.05, 3.63) is 29.8 Å². The second-order valence-corrected chi connectivity index (χ2v) is 3.25. The van der Waals surface area contributed by atoms with Gasteiger partial charge in [0.05, 0.1) is 0 Å². The van der Waals surface area contributed by atoms with Crippen LogP contribution < -0.4 is 16.4 Å². The lowest BCUT2D eigenvalue weighted by atomic mass is 10.2. The molecular weight excluding hydrogens is 240 g/mol. The highest BCUT2D eigenvalue weighted by molar-refractivity contribution is 6.02. The van der Waals surface area contributed by atoms with E-state index in [9.17, 15) is 4.79 Å². The number of guanidine groups is 1. The number of amides is 2. The number of halogens is 1. The number of hydrogen-bond acceptors (Lipinski definition) is 2. The predicted octanol–water partition coefficient (Wildman–Crippen LogP) is 1.87. The molecule has 0 bridgehead atoms. The van der Waals surface area contributed by atoms with Crippen LogP contribution in [-0.2, 0) is 0 Å². The van der Waals surface area contributed by atoms with Gasteiger partial charge in [0.1, 0.15) is 0 Å². The highest BCUT2D eigenvalue weighted by atomic mass is 35.5. The highest BCUT2D eigenvalue weighted by Crippen LogP contribution is 2.12. The largest absolute Gasteiger partial charge is 0.370 e. The molecule has 5 nitrogen and oxygen atoms in total. The number of aryl methyl sites for hydroxylation is 1. The molecule has 17 heavy (non-hydrogen) atoms. The molecule has 0 unspecified atom stereocenters. The Hall–Kier alpha value is -1.75. The first-order valence-electron chi connectivity index (χ1n) is 5.07. The van der Waals surface area contributed by atoms with E-state index in [2.05, 4.69) is 15.6 Å². The number of nitrogens with two attached hydrogens (primary N) is 1. The zero-order valence-electron chi connectivity index (χ0n) is 9.86. The first-order chi connectivity index (χ1) is 7.63. The van der Waals surface area contributed by atoms with Crippen LogP contribution in [0, 0.1) is 6.92 Å². The molecule has 94 valence electrons. The maximum absolute atomic E-state index is 11.5. The molecule has 0 aromatic heterocycles. The van der Waals surface area contributed by atoms with Crippen LogP contribution in [0.2, 0.25) is 0 Å². The first kappa shape index (κ1) is 15.2. The number of carbonyl (C=O) groups excluding carboxylic acids is 1. The van der Waals surface area contributed by atoms with Crippen LogP contribution in [0.15, 0.2) is 29.3 Å². The van der Waals surface area contributed by atoms with Crippen LogP contribution in [0.25, 0.3) is 0 Å². The molecule has 0 aliphatic carbocycles. The monoisotopic (exact) mass is 256 g/mol. The molecule has 0 saturated heterocycles. The third-order valence-corrected chi connectivity index (χ3v) is 1.96. The number of para-hydroxylation sites is 1. The number of hydrogen-bond donors (Lipinski definition) is 3. The Morgan fingerprint density at radius 1 is 1.41 bits per heavy atom. The van der Waals surface area contributed by atoms with Crippen LogP contribution in [0.4, 0.5) is 10.5 Å². The average Bonchev–Trinajstić information content (AvgIpc) is 2.21. The van der Waals surface area contributed by atoms with Crippen molar-refractivity contribution in [1.82, 2.24) is 5.32 Å². The molecule has 0 heterocycles. The van der Waals surface area contributed by atoms with E-state index in [4.69, 9.17) is 5.73 Å². The number of benzene rings is 1. The summed E-state index contributed by atoms with van der Waals surface area (Å²) in [6.07, 6.45) is 0. The van der Waals surface area contributed by atoms with Gasteiger partial charge >= 0.3 is 6.03 Å². The predicted molar refractivity (Wildman–Crippen MR) is 72.7 cm³/mol. The number of anilines is 1. The molecular formula is C11H17ClN4O. The fourth-order valence-corrected chi connectivity index (χ4v) is 1.19. The minimum absolute atomic E-state index is 0. The van der Waals surface area contributed by atoms with Crippen molar-refractivity contribution in [2.45, 2.75) is 13.8 Å². The van der Waals surface area contributed by atoms with Crippen molar-refractivity contribution in [2.24, 2.45) is 10.7 Å². The minimum Gasteiger partial charge on any atom is -0.370 e. The lowest BCUT2D eigenvalue weighted by molar-refractivity contribution is 0.256. The summed E-state index contributed by atoms with van der Waals surface area (Å²) in [5.74, 6) is 0.119. The van der Waals surface area contributed by atoms with Gasteiger partial charge in [-0.2, -0.15) is 0 Å². The standard InChI is InChI=1S/C11H16N4O.ClH/c1-3-13-10(12)15-11(16)14-9-7-5-4-6-8(9)2;/h4-7H,3H2,1-2H3,(H4,12,13,14,15,16);1H. The summed E-state index contributed by atoms with van der Waals surface area (Å²) in [5, 5.41) is 5.12. The van der Waals surface area contributed by atoms with Crippen molar-refractivity contribution in [2.75, 3.05) is 11.9 Å². The third-order valence-electron chi connectivity index (χ3n) is 1.96. The topological polar surface area (TPSA) is 79.5 Å². The second-order valence-electron chi connectivity index (χ2n) is 3.25. The number of nitrogens with zero attached hydrogens (tertiary/aromatic N) is 1. The molecule has 6 heteroatoms. The Labute approximate surface area is 107 Å². The van der Waals surface area contributed by atoms with E-state index in [1.165, 1.54) is 0 Å². The van der Waals surface area contributed by atoms with E-state index in [1.54, 1.807) is 0 Å². The maximum atomic E-state index is 11.5. The summed E-state index contributed by atoms with van der Waals surface area (Å²) in [5.41, 5.74) is 7.20. The summed E-state index contributed by atoms with van der Waals surface area (Å²) in [6, 6.07) is 7.11. The smallest absolute Gasteiger partial charge is 0.325 e. The zero-order chi connectivity index (χ0) is 12.0. The van der Waals surface area contributed by atoms with Crippen molar-refractivity contribution in [3.8, 4) is 0 Å². The molecule has 4 N–H and O–H groups in total. The van der Waals surface area contributed by atoms with Gasteiger partial charge in [0.15, 0.2) is 5.96 Å². The molecule has 0 atom stereocenters. The van der Waals surface area contributed by atoms with Gasteiger partial charge in [-0.05, 0) is 25.5 Å². The van der Waals surface area contributed by atoms with Gasteiger partial charge in [0, 0.05) is 12.2 Å². The molecule has 0 saturated carbocycles. The molecule has 0 aliphatic heterocycles. The Balaban J connectivity index is 0.00000256. The van der Waals surface area contributed by atoms with Gasteiger partial charge in [0.25, 0.3) is 0 Å². The van der Waals surface area contributed by atoms with Crippen LogP contribution in [0.1, 0.15) is 12.5 Å². The SMILES string of the molecule is CCN=C(N)NC(=O)Nc1ccccc1C.Cl. The van der Waals surface area contributed by atoms with Crippen molar-refractivity contribution in [1.29, 1.82) is 0 Å². The quantitative estimate of drug-likeness (QED) is 0.558. The van der Waals surface area contributed by atoms with E-state index < -0.39 is 0 Å². The molecule has 1 aromatic rings. The fraction of sp³-hybridized carbons (Fsp3) is 0.273. The summed E-state index contributed by atoms with van der Waals surface area (Å²) >= 11 is 0. The van der Waals surface area contributed by atoms with Gasteiger partial charge in [-0.25, -0.2) is 4.79 Å². The first-order valence-corrected chi connectivity index (χ1v) is 5.07. The summed E-state index contributed by atoms with van der Waals surface area (Å²) < 4.78 is 0. The van der Waals surface area contributed by atoms with E-state index in [-0.39, 0.29) is 24.4 Å². The number of rotatable bonds is 2. The normalized spacial score (nSPS) is 10.4. The molecule has 0 fully saturated rings. The van der Waals surface area contributed by atoms with Gasteiger partial charge < -0.3 is 11.1 Å². The average molecular weight is 257 g/mol. The second kappa shape index (κ2) is 7.51. The fourth-order valence-electron chi connectivity index (χ4n) is 1.19. The number of carbonyl (C=O) groups is 1. The maximum Gasteiger partial charge on any atom is 0.325 e. The van der Waals surface area contributed by atoms with Crippen molar-refractivity contribution >= 4 is 30.1 Å². The molecule has 0 aliphatic rings. The summed E-state index contributed by atoms with van der Waals surface area (Å²) in [7, 11) is 0. The van der Waals surface area contributed by atoms with Crippen molar-refractivity contribution in [3.63, 3.8) is 0 Å². The van der Waals surface area contributed by atoms with E-state index >= 15 is 0 Å². The van der Waals surface area contributed by atoms with Gasteiger partial charge in [-0.1, -0.05) is 18.2 Å². The number of aliphatic imine (C=N–C) groups is 1. The highest BCUT2D eigenvalue weighted by Gasteiger charge is 2.04. The molecule has 1 rings (SSSR count). The Kier molecular flexibility index (Phi) is 6.74. The van der Waals surface area contributed by atoms with Crippen LogP contribution in [0.5, 0.6) is 0 Å². The van der Waals surface area contributed by atoms with Gasteiger partial charge in [-0.3, -0.25) is 10.3 Å². The van der Waals surface area contributed by atoms with Crippen LogP contribution in [0.3, 0.4) is 0 Å². The lowest BCUT2D eigenvalue weighted by Crippen LogP contribution is -2.39. The lowest BCUT2D eigenvalue weighted by Gasteiger charge is -2.08. The molecule has 1 aromatic carbocycles. The van der Waals surface area contributed by atoms with E-state index in [1.807, 2.05) is 38.1 Å². The minimum atomic E-state index is -0.385. The van der Waals surface area contributed by atoms with Gasteiger partial charge in [-0.15, -0.1) is 12.4 Å². The third kappa shape index (κ3) is 5.21. The number of urea groups is 1. The number of nitrogens with one attached hydrogen (secondary N) is 2. The summed E-state index contributed by atoms with van der Waals surface area (Å²) in [6.45, 7) is 4.30. The Bertz CT molecular complexity index is 406. The molecule has 0 spiro atoms. The molecule has 0 radical (unpaired) electrons. The van der Waals surface area contributed by atoms with Crippen molar-refractivity contribution < 1.29 is 4.79 Å². The van der Waals surface area contributed by atoms with Crippen LogP contribution >= 0.6 is 12.4 Å².